The molecule has 0 saturated heterocycles. The zero-order chi connectivity index (χ0) is 16.6. The molecule has 0 heterocycles. The molecule has 0 bridgehead atoms. The van der Waals surface area contributed by atoms with Crippen LogP contribution >= 0.6 is 0 Å². The summed E-state index contributed by atoms with van der Waals surface area (Å²) >= 11 is 0. The Bertz CT molecular complexity index is 423. The van der Waals surface area contributed by atoms with Gasteiger partial charge in [-0.15, -0.1) is 0 Å². The molecule has 0 spiro atoms. The van der Waals surface area contributed by atoms with Crippen molar-refractivity contribution in [2.24, 2.45) is 5.41 Å². The van der Waals surface area contributed by atoms with Gasteiger partial charge in [0.1, 0.15) is 0 Å². The number of rotatable bonds is 9. The molecule has 0 rings (SSSR count). The first kappa shape index (κ1) is 23.8. The van der Waals surface area contributed by atoms with Crippen molar-refractivity contribution in [3.05, 3.63) is 24.3 Å². The van der Waals surface area contributed by atoms with Gasteiger partial charge in [0.15, 0.2) is 0 Å². The van der Waals surface area contributed by atoms with Crippen LogP contribution in [0.15, 0.2) is 24.3 Å². The predicted octanol–water partition coefficient (Wildman–Crippen LogP) is -2.23. The van der Waals surface area contributed by atoms with Gasteiger partial charge in [0.2, 0.25) is 0 Å². The largest absolute Gasteiger partial charge is 1.00 e. The van der Waals surface area contributed by atoms with Crippen molar-refractivity contribution in [3.8, 4) is 0 Å². The van der Waals surface area contributed by atoms with Gasteiger partial charge in [0, 0.05) is 22.5 Å². The summed E-state index contributed by atoms with van der Waals surface area (Å²) in [6, 6.07) is 0. The number of aliphatic carboxylic acids is 1. The van der Waals surface area contributed by atoms with Crippen molar-refractivity contribution in [2.45, 2.75) is 33.6 Å². The van der Waals surface area contributed by atoms with Gasteiger partial charge >= 0.3 is 63.3 Å². The molecule has 0 aromatic carbocycles. The Morgan fingerprint density at radius 2 is 1.27 bits per heavy atom. The summed E-state index contributed by atoms with van der Waals surface area (Å²) in [4.78, 5) is 33.6. The molecule has 0 unspecified atom stereocenters. The van der Waals surface area contributed by atoms with Crippen molar-refractivity contribution in [3.63, 3.8) is 0 Å². The fourth-order valence-electron chi connectivity index (χ4n) is 1.31. The molecule has 22 heavy (non-hydrogen) atoms. The first-order chi connectivity index (χ1) is 9.60. The Balaban J connectivity index is 0. The van der Waals surface area contributed by atoms with Crippen molar-refractivity contribution < 1.29 is 80.3 Å². The van der Waals surface area contributed by atoms with Crippen molar-refractivity contribution >= 4 is 17.9 Å². The topological polar surface area (TPSA) is 92.7 Å². The number of esters is 2. The summed E-state index contributed by atoms with van der Waals surface area (Å²) in [6.07, 6.45) is 0.109. The molecule has 7 heteroatoms. The van der Waals surface area contributed by atoms with Gasteiger partial charge in [-0.05, 0) is 26.7 Å². The molecule has 0 saturated carbocycles. The van der Waals surface area contributed by atoms with E-state index in [2.05, 4.69) is 13.2 Å². The van der Waals surface area contributed by atoms with Gasteiger partial charge in [-0.2, -0.15) is 0 Å². The van der Waals surface area contributed by atoms with Gasteiger partial charge in [-0.3, -0.25) is 0 Å². The molecule has 118 valence electrons. The summed E-state index contributed by atoms with van der Waals surface area (Å²) < 4.78 is 9.73. The predicted molar refractivity (Wildman–Crippen MR) is 73.9 cm³/mol. The van der Waals surface area contributed by atoms with E-state index in [4.69, 9.17) is 9.47 Å². The number of carbonyl (C=O) groups is 3. The van der Waals surface area contributed by atoms with Gasteiger partial charge in [-0.1, -0.05) is 20.1 Å². The van der Waals surface area contributed by atoms with E-state index in [1.165, 1.54) is 20.8 Å². The molecule has 0 aromatic heterocycles. The van der Waals surface area contributed by atoms with Crippen LogP contribution in [-0.4, -0.2) is 31.1 Å². The molecule has 0 aliphatic heterocycles. The van der Waals surface area contributed by atoms with Crippen LogP contribution < -0.4 is 56.5 Å². The Morgan fingerprint density at radius 3 is 1.50 bits per heavy atom. The summed E-state index contributed by atoms with van der Waals surface area (Å²) in [5.74, 6) is -2.45. The molecule has 0 fully saturated rings. The van der Waals surface area contributed by atoms with E-state index in [0.717, 1.165) is 0 Å². The molecule has 0 aliphatic carbocycles. The van der Waals surface area contributed by atoms with Crippen LogP contribution in [0, 0.1) is 5.41 Å². The average molecular weight is 336 g/mol. The van der Waals surface area contributed by atoms with Gasteiger partial charge in [-0.25, -0.2) is 9.59 Å². The number of hydrogen-bond acceptors (Lipinski definition) is 6. The summed E-state index contributed by atoms with van der Waals surface area (Å²) in [5.41, 5.74) is -0.786. The Labute approximate surface area is 173 Å². The van der Waals surface area contributed by atoms with Crippen LogP contribution in [0.4, 0.5) is 0 Å². The number of ether oxygens (including phenoxy) is 2. The average Bonchev–Trinajstić information content (AvgIpc) is 2.37. The zero-order valence-electron chi connectivity index (χ0n) is 13.7. The minimum atomic E-state index is -1.29. The molecular weight excluding hydrogens is 315 g/mol. The standard InChI is InChI=1S/C15H22O6.K/c1-10(2)12(16)20-8-6-15(5,14(18)19)7-9-21-13(17)11(3)4;/h1,3,6-9H2,2,4-5H3,(H,18,19);/q;+1/p-1. The Kier molecular flexibility index (Phi) is 12.0. The number of carboxylic acid groups (broad SMARTS) is 1. The van der Waals surface area contributed by atoms with Crippen LogP contribution in [0.1, 0.15) is 33.6 Å². The third-order valence-corrected chi connectivity index (χ3v) is 2.96. The third-order valence-electron chi connectivity index (χ3n) is 2.96. The monoisotopic (exact) mass is 336 g/mol. The molecule has 0 aliphatic rings. The van der Waals surface area contributed by atoms with Crippen LogP contribution in [0.25, 0.3) is 0 Å². The second-order valence-corrected chi connectivity index (χ2v) is 5.18. The fourth-order valence-corrected chi connectivity index (χ4v) is 1.31. The fraction of sp³-hybridized carbons (Fsp3) is 0.533. The van der Waals surface area contributed by atoms with E-state index in [9.17, 15) is 19.5 Å². The minimum Gasteiger partial charge on any atom is -0.550 e. The van der Waals surface area contributed by atoms with Crippen LogP contribution in [0.5, 0.6) is 0 Å². The number of carbonyl (C=O) groups excluding carboxylic acids is 3. The van der Waals surface area contributed by atoms with E-state index in [1.807, 2.05) is 0 Å². The quantitative estimate of drug-likeness (QED) is 0.269. The third kappa shape index (κ3) is 8.85. The Hall–Kier alpha value is -0.474. The maximum Gasteiger partial charge on any atom is 1.00 e. The Morgan fingerprint density at radius 1 is 0.955 bits per heavy atom. The van der Waals surface area contributed by atoms with Gasteiger partial charge in [0.05, 0.1) is 13.2 Å². The van der Waals surface area contributed by atoms with Crippen LogP contribution in [-0.2, 0) is 23.9 Å². The maximum absolute atomic E-state index is 11.2. The zero-order valence-corrected chi connectivity index (χ0v) is 16.8. The molecule has 0 N–H and O–H groups in total. The smallest absolute Gasteiger partial charge is 0.550 e. The van der Waals surface area contributed by atoms with Gasteiger partial charge in [0.25, 0.3) is 0 Å². The second-order valence-electron chi connectivity index (χ2n) is 5.18. The van der Waals surface area contributed by atoms with Crippen molar-refractivity contribution in [1.82, 2.24) is 0 Å². The number of hydrogen-bond donors (Lipinski definition) is 0. The van der Waals surface area contributed by atoms with E-state index in [1.54, 1.807) is 0 Å². The molecule has 0 atom stereocenters. The maximum atomic E-state index is 11.2. The number of carboxylic acids is 1. The minimum absolute atomic E-state index is 0. The summed E-state index contributed by atoms with van der Waals surface area (Å²) in [6.45, 7) is 11.1. The van der Waals surface area contributed by atoms with Crippen LogP contribution in [0.3, 0.4) is 0 Å². The molecular formula is C15H21KO6. The van der Waals surface area contributed by atoms with Crippen LogP contribution in [0.2, 0.25) is 0 Å². The SMILES string of the molecule is C=C(C)C(=O)OCCC(C)(CCOC(=O)C(=C)C)C(=O)[O-].[K+]. The summed E-state index contributed by atoms with van der Waals surface area (Å²) in [5, 5.41) is 11.2. The van der Waals surface area contributed by atoms with E-state index in [-0.39, 0.29) is 88.6 Å². The second kappa shape index (κ2) is 11.1. The normalized spacial score (nSPS) is 10.1. The molecule has 0 aromatic rings. The van der Waals surface area contributed by atoms with E-state index >= 15 is 0 Å². The first-order valence-electron chi connectivity index (χ1n) is 6.47. The molecule has 0 amide bonds. The molecule has 6 nitrogen and oxygen atoms in total. The van der Waals surface area contributed by atoms with E-state index < -0.39 is 23.3 Å². The van der Waals surface area contributed by atoms with Crippen molar-refractivity contribution in [2.75, 3.05) is 13.2 Å². The molecule has 0 radical (unpaired) electrons. The van der Waals surface area contributed by atoms with E-state index in [0.29, 0.717) is 0 Å². The van der Waals surface area contributed by atoms with Gasteiger partial charge < -0.3 is 19.4 Å². The first-order valence-corrected chi connectivity index (χ1v) is 6.47. The van der Waals surface area contributed by atoms with Crippen molar-refractivity contribution in [1.29, 1.82) is 0 Å². The summed E-state index contributed by atoms with van der Waals surface area (Å²) in [7, 11) is 0.